The van der Waals surface area contributed by atoms with Gasteiger partial charge in [-0.05, 0) is 17.7 Å². The molecule has 0 saturated carbocycles. The highest BCUT2D eigenvalue weighted by molar-refractivity contribution is 5.64. The summed E-state index contributed by atoms with van der Waals surface area (Å²) in [5.74, 6) is 0. The van der Waals surface area contributed by atoms with Crippen molar-refractivity contribution in [2.75, 3.05) is 0 Å². The second-order valence-corrected chi connectivity index (χ2v) is 3.52. The monoisotopic (exact) mass is 219 g/mol. The van der Waals surface area contributed by atoms with Crippen molar-refractivity contribution in [3.8, 4) is 11.3 Å². The summed E-state index contributed by atoms with van der Waals surface area (Å²) in [6, 6.07) is 10.8. The number of aromatic nitrogens is 1. The fourth-order valence-corrected chi connectivity index (χ4v) is 1.64. The third kappa shape index (κ3) is 1.99. The Bertz CT molecular complexity index is 477. The second-order valence-electron chi connectivity index (χ2n) is 3.52. The number of hydrogen-bond acceptors (Lipinski definition) is 3. The number of aliphatic hydroxyl groups excluding tert-OH is 2. The lowest BCUT2D eigenvalue weighted by Crippen LogP contribution is -1.95. The molecule has 4 heteroatoms. The van der Waals surface area contributed by atoms with Crippen molar-refractivity contribution in [1.82, 2.24) is 4.98 Å². The van der Waals surface area contributed by atoms with Gasteiger partial charge in [-0.2, -0.15) is 0 Å². The van der Waals surface area contributed by atoms with Gasteiger partial charge in [0.15, 0.2) is 6.29 Å². The Morgan fingerprint density at radius 3 is 2.44 bits per heavy atom. The summed E-state index contributed by atoms with van der Waals surface area (Å²) in [4.78, 5) is 2.89. The van der Waals surface area contributed by atoms with Crippen LogP contribution in [-0.4, -0.2) is 20.3 Å². The Kier molecular flexibility index (Phi) is 3.05. The van der Waals surface area contributed by atoms with Crippen LogP contribution >= 0.6 is 0 Å². The summed E-state index contributed by atoms with van der Waals surface area (Å²) < 4.78 is 0. The van der Waals surface area contributed by atoms with Gasteiger partial charge in [-0.25, -0.2) is 0 Å². The topological polar surface area (TPSA) is 76.5 Å². The number of nitrogens with one attached hydrogen (secondary N) is 1. The molecule has 0 aliphatic heterocycles. The molecule has 2 rings (SSSR count). The molecule has 1 heterocycles. The minimum atomic E-state index is -1.50. The van der Waals surface area contributed by atoms with Gasteiger partial charge in [0.05, 0.1) is 12.3 Å². The van der Waals surface area contributed by atoms with E-state index >= 15 is 0 Å². The van der Waals surface area contributed by atoms with Crippen molar-refractivity contribution >= 4 is 0 Å². The molecule has 1 aromatic heterocycles. The Morgan fingerprint density at radius 1 is 1.06 bits per heavy atom. The van der Waals surface area contributed by atoms with Crippen LogP contribution in [0.25, 0.3) is 11.3 Å². The molecule has 1 aromatic carbocycles. The maximum atomic E-state index is 9.18. The van der Waals surface area contributed by atoms with Crippen LogP contribution < -0.4 is 0 Å². The number of H-pyrrole nitrogens is 1. The van der Waals surface area contributed by atoms with E-state index in [4.69, 9.17) is 10.2 Å². The lowest BCUT2D eigenvalue weighted by Gasteiger charge is -2.05. The van der Waals surface area contributed by atoms with Crippen molar-refractivity contribution in [2.45, 2.75) is 12.9 Å². The van der Waals surface area contributed by atoms with Gasteiger partial charge in [0.2, 0.25) is 0 Å². The fourth-order valence-electron chi connectivity index (χ4n) is 1.64. The highest BCUT2D eigenvalue weighted by Crippen LogP contribution is 2.24. The van der Waals surface area contributed by atoms with Gasteiger partial charge in [0.1, 0.15) is 0 Å². The molecule has 0 atom stereocenters. The van der Waals surface area contributed by atoms with E-state index in [2.05, 4.69) is 4.98 Å². The molecule has 0 aliphatic carbocycles. The zero-order valence-electron chi connectivity index (χ0n) is 8.59. The van der Waals surface area contributed by atoms with E-state index < -0.39 is 6.29 Å². The zero-order valence-corrected chi connectivity index (χ0v) is 8.59. The normalized spacial score (nSPS) is 11.0. The Morgan fingerprint density at radius 2 is 1.81 bits per heavy atom. The van der Waals surface area contributed by atoms with Crippen LogP contribution in [0.3, 0.4) is 0 Å². The van der Waals surface area contributed by atoms with Gasteiger partial charge in [0.25, 0.3) is 0 Å². The average molecular weight is 219 g/mol. The number of aromatic amines is 1. The smallest absolute Gasteiger partial charge is 0.193 e. The minimum Gasteiger partial charge on any atom is -0.392 e. The largest absolute Gasteiger partial charge is 0.392 e. The van der Waals surface area contributed by atoms with E-state index in [1.165, 1.54) is 0 Å². The van der Waals surface area contributed by atoms with Crippen LogP contribution in [0.1, 0.15) is 17.5 Å². The molecule has 16 heavy (non-hydrogen) atoms. The van der Waals surface area contributed by atoms with Crippen LogP contribution in [0.15, 0.2) is 36.4 Å². The first-order chi connectivity index (χ1) is 7.72. The van der Waals surface area contributed by atoms with Crippen molar-refractivity contribution in [2.24, 2.45) is 0 Å². The summed E-state index contributed by atoms with van der Waals surface area (Å²) >= 11 is 0. The van der Waals surface area contributed by atoms with Gasteiger partial charge in [-0.3, -0.25) is 0 Å². The van der Waals surface area contributed by atoms with E-state index in [9.17, 15) is 5.11 Å². The zero-order chi connectivity index (χ0) is 11.5. The standard InChI is InChI=1S/C12H13NO3/c14-7-8-3-1-2-4-9(8)10-5-6-11(13-10)12(15)16/h1-6,12-16H,7H2. The van der Waals surface area contributed by atoms with Crippen molar-refractivity contribution in [3.05, 3.63) is 47.7 Å². The van der Waals surface area contributed by atoms with Gasteiger partial charge in [-0.15, -0.1) is 0 Å². The van der Waals surface area contributed by atoms with Crippen LogP contribution in [0.4, 0.5) is 0 Å². The minimum absolute atomic E-state index is 0.0494. The molecular weight excluding hydrogens is 206 g/mol. The maximum Gasteiger partial charge on any atom is 0.193 e. The summed E-state index contributed by atoms with van der Waals surface area (Å²) in [6.45, 7) is -0.0494. The van der Waals surface area contributed by atoms with Gasteiger partial charge < -0.3 is 20.3 Å². The summed E-state index contributed by atoms with van der Waals surface area (Å²) in [5, 5.41) is 27.2. The lowest BCUT2D eigenvalue weighted by atomic mass is 10.1. The molecule has 4 nitrogen and oxygen atoms in total. The molecule has 0 radical (unpaired) electrons. The van der Waals surface area contributed by atoms with Crippen LogP contribution in [0.5, 0.6) is 0 Å². The van der Waals surface area contributed by atoms with Gasteiger partial charge in [-0.1, -0.05) is 24.3 Å². The molecule has 0 aliphatic rings. The molecule has 0 unspecified atom stereocenters. The SMILES string of the molecule is OCc1ccccc1-c1ccc(C(O)O)[nH]1. The van der Waals surface area contributed by atoms with E-state index in [1.807, 2.05) is 24.3 Å². The van der Waals surface area contributed by atoms with Gasteiger partial charge >= 0.3 is 0 Å². The van der Waals surface area contributed by atoms with E-state index in [1.54, 1.807) is 12.1 Å². The Labute approximate surface area is 92.8 Å². The third-order valence-electron chi connectivity index (χ3n) is 2.46. The molecule has 0 spiro atoms. The Hall–Kier alpha value is -1.62. The first kappa shape index (κ1) is 10.9. The van der Waals surface area contributed by atoms with E-state index in [0.29, 0.717) is 5.69 Å². The lowest BCUT2D eigenvalue weighted by molar-refractivity contribution is -0.0454. The van der Waals surface area contributed by atoms with Crippen LogP contribution in [-0.2, 0) is 6.61 Å². The fraction of sp³-hybridized carbons (Fsp3) is 0.167. The van der Waals surface area contributed by atoms with Crippen molar-refractivity contribution in [1.29, 1.82) is 0 Å². The molecular formula is C12H13NO3. The molecule has 2 aromatic rings. The number of hydrogen-bond donors (Lipinski definition) is 4. The summed E-state index contributed by atoms with van der Waals surface area (Å²) in [6.07, 6.45) is -1.50. The first-order valence-electron chi connectivity index (χ1n) is 4.96. The maximum absolute atomic E-state index is 9.18. The predicted molar refractivity (Wildman–Crippen MR) is 59.3 cm³/mol. The number of rotatable bonds is 3. The number of benzene rings is 1. The molecule has 0 amide bonds. The average Bonchev–Trinajstić information content (AvgIpc) is 2.78. The Balaban J connectivity index is 2.42. The van der Waals surface area contributed by atoms with Crippen LogP contribution in [0.2, 0.25) is 0 Å². The van der Waals surface area contributed by atoms with Crippen molar-refractivity contribution in [3.63, 3.8) is 0 Å². The van der Waals surface area contributed by atoms with E-state index in [0.717, 1.165) is 16.8 Å². The second kappa shape index (κ2) is 4.49. The summed E-state index contributed by atoms with van der Waals surface area (Å²) in [5.41, 5.74) is 2.75. The predicted octanol–water partition coefficient (Wildman–Crippen LogP) is 1.16. The molecule has 0 saturated heterocycles. The van der Waals surface area contributed by atoms with Crippen LogP contribution in [0, 0.1) is 0 Å². The third-order valence-corrected chi connectivity index (χ3v) is 2.46. The highest BCUT2D eigenvalue weighted by Gasteiger charge is 2.09. The summed E-state index contributed by atoms with van der Waals surface area (Å²) in [7, 11) is 0. The van der Waals surface area contributed by atoms with Gasteiger partial charge in [0, 0.05) is 11.3 Å². The first-order valence-corrected chi connectivity index (χ1v) is 4.96. The quantitative estimate of drug-likeness (QED) is 0.585. The van der Waals surface area contributed by atoms with Crippen molar-refractivity contribution < 1.29 is 15.3 Å². The molecule has 0 fully saturated rings. The number of aliphatic hydroxyl groups is 3. The van der Waals surface area contributed by atoms with E-state index in [-0.39, 0.29) is 6.61 Å². The molecule has 84 valence electrons. The molecule has 4 N–H and O–H groups in total. The highest BCUT2D eigenvalue weighted by atomic mass is 16.5. The molecule has 0 bridgehead atoms.